The summed E-state index contributed by atoms with van der Waals surface area (Å²) in [7, 11) is -16.9. The number of phosphoric acid groups is 3. The molecule has 0 aliphatic carbocycles. The van der Waals surface area contributed by atoms with Gasteiger partial charge in [-0.2, -0.15) is 8.62 Å². The van der Waals surface area contributed by atoms with Crippen LogP contribution in [0.25, 0.3) is 0 Å². The molecular formula is C12H17N2O14P3. The second-order valence-corrected chi connectivity index (χ2v) is 10.4. The highest BCUT2D eigenvalue weighted by molar-refractivity contribution is 7.66. The first-order valence-corrected chi connectivity index (χ1v) is 12.3. The van der Waals surface area contributed by atoms with Crippen LogP contribution in [0.1, 0.15) is 0 Å². The molecule has 2 aliphatic rings. The Bertz CT molecular complexity index is 970. The molecule has 0 aromatic carbocycles. The number of aliphatic hydroxyl groups is 2. The van der Waals surface area contributed by atoms with Crippen LogP contribution in [0.5, 0.6) is 0 Å². The Morgan fingerprint density at radius 2 is 1.84 bits per heavy atom. The molecule has 0 aromatic rings. The van der Waals surface area contributed by atoms with Crippen LogP contribution in [0, 0.1) is 12.3 Å². The zero-order valence-corrected chi connectivity index (χ0v) is 17.8. The summed E-state index contributed by atoms with van der Waals surface area (Å²) in [4.78, 5) is 48.1. The highest BCUT2D eigenvalue weighted by Crippen LogP contribution is 2.66. The number of rotatable bonds is 8. The first kappa shape index (κ1) is 25.9. The third-order valence-electron chi connectivity index (χ3n) is 3.77. The fraction of sp³-hybridized carbons (Fsp3) is 0.417. The van der Waals surface area contributed by atoms with Gasteiger partial charge in [0.1, 0.15) is 24.6 Å². The number of nitrogens with one attached hydrogen (secondary N) is 1. The number of carbonyl (C=O) groups is 1. The van der Waals surface area contributed by atoms with Crippen LogP contribution in [0.3, 0.4) is 0 Å². The van der Waals surface area contributed by atoms with Gasteiger partial charge in [-0.25, -0.2) is 13.7 Å². The van der Waals surface area contributed by atoms with Crippen molar-refractivity contribution >= 4 is 29.4 Å². The molecule has 1 amide bonds. The van der Waals surface area contributed by atoms with Crippen molar-refractivity contribution in [1.82, 2.24) is 10.2 Å². The summed E-state index contributed by atoms with van der Waals surface area (Å²) in [5, 5.41) is 22.9. The van der Waals surface area contributed by atoms with Gasteiger partial charge < -0.3 is 44.7 Å². The zero-order chi connectivity index (χ0) is 23.8. The van der Waals surface area contributed by atoms with Gasteiger partial charge in [0.05, 0.1) is 0 Å². The molecule has 1 saturated heterocycles. The molecule has 0 bridgehead atoms. The van der Waals surface area contributed by atoms with E-state index < -0.39 is 60.0 Å². The summed E-state index contributed by atoms with van der Waals surface area (Å²) in [5.74, 6) is 1.32. The Hall–Kier alpha value is -1.40. The lowest BCUT2D eigenvalue weighted by atomic mass is 9.97. The van der Waals surface area contributed by atoms with E-state index in [4.69, 9.17) is 25.8 Å². The predicted octanol–water partition coefficient (Wildman–Crippen LogP) is -1.80. The van der Waals surface area contributed by atoms with E-state index in [0.29, 0.717) is 0 Å². The number of hydrogen-bond donors (Lipinski definition) is 7. The van der Waals surface area contributed by atoms with Crippen LogP contribution in [-0.2, 0) is 36.4 Å². The average Bonchev–Trinajstić information content (AvgIpc) is 2.82. The van der Waals surface area contributed by atoms with Crippen molar-refractivity contribution in [3.05, 3.63) is 24.7 Å². The number of phosphoric ester groups is 1. The summed E-state index contributed by atoms with van der Waals surface area (Å²) in [6.45, 7) is 2.31. The van der Waals surface area contributed by atoms with Gasteiger partial charge in [-0.15, -0.1) is 6.42 Å². The van der Waals surface area contributed by atoms with Crippen LogP contribution in [0.2, 0.25) is 0 Å². The quantitative estimate of drug-likeness (QED) is 0.142. The maximum atomic E-state index is 11.9. The Morgan fingerprint density at radius 1 is 1.23 bits per heavy atom. The van der Waals surface area contributed by atoms with Crippen LogP contribution in [0.4, 0.5) is 0 Å². The van der Waals surface area contributed by atoms with E-state index in [0.717, 1.165) is 17.2 Å². The normalized spacial score (nSPS) is 32.8. The van der Waals surface area contributed by atoms with Crippen molar-refractivity contribution in [3.63, 3.8) is 0 Å². The number of nitrogens with zero attached hydrogens (tertiary/aromatic N) is 1. The van der Waals surface area contributed by atoms with Gasteiger partial charge in [0, 0.05) is 12.3 Å². The lowest BCUT2D eigenvalue weighted by molar-refractivity contribution is -0.120. The van der Waals surface area contributed by atoms with Gasteiger partial charge in [-0.3, -0.25) is 9.32 Å². The van der Waals surface area contributed by atoms with E-state index in [1.54, 1.807) is 0 Å². The summed E-state index contributed by atoms with van der Waals surface area (Å²) in [6.07, 6.45) is 2.33. The monoisotopic (exact) mass is 506 g/mol. The van der Waals surface area contributed by atoms with Gasteiger partial charge in [0.15, 0.2) is 11.8 Å². The van der Waals surface area contributed by atoms with Crippen molar-refractivity contribution in [3.8, 4) is 12.3 Å². The predicted molar refractivity (Wildman–Crippen MR) is 96.5 cm³/mol. The second-order valence-electron chi connectivity index (χ2n) is 6.00. The number of hydrogen-bond acceptors (Lipinski definition) is 11. The fourth-order valence-electron chi connectivity index (χ4n) is 2.49. The fourth-order valence-corrected chi connectivity index (χ4v) is 5.54. The molecule has 16 nitrogen and oxygen atoms in total. The summed E-state index contributed by atoms with van der Waals surface area (Å²) in [6, 6.07) is 0. The zero-order valence-electron chi connectivity index (χ0n) is 15.1. The van der Waals surface area contributed by atoms with Crippen molar-refractivity contribution in [2.24, 2.45) is 0 Å². The van der Waals surface area contributed by atoms with Crippen molar-refractivity contribution in [2.75, 3.05) is 6.61 Å². The molecule has 1 fully saturated rings. The Morgan fingerprint density at radius 3 is 2.35 bits per heavy atom. The number of ether oxygens (including phenoxy) is 1. The van der Waals surface area contributed by atoms with Gasteiger partial charge in [0.2, 0.25) is 0 Å². The van der Waals surface area contributed by atoms with E-state index in [1.807, 2.05) is 5.92 Å². The van der Waals surface area contributed by atoms with E-state index >= 15 is 0 Å². The minimum atomic E-state index is -5.78. The summed E-state index contributed by atoms with van der Waals surface area (Å²) >= 11 is 0. The molecule has 2 aliphatic heterocycles. The van der Waals surface area contributed by atoms with E-state index in [2.05, 4.69) is 25.0 Å². The van der Waals surface area contributed by atoms with Crippen molar-refractivity contribution in [2.45, 2.75) is 24.0 Å². The van der Waals surface area contributed by atoms with Crippen molar-refractivity contribution in [1.29, 1.82) is 0 Å². The van der Waals surface area contributed by atoms with Crippen LogP contribution in [0.15, 0.2) is 24.7 Å². The molecule has 2 heterocycles. The smallest absolute Gasteiger partial charge is 0.386 e. The lowest BCUT2D eigenvalue weighted by Crippen LogP contribution is -2.46. The molecule has 6 atom stereocenters. The Labute approximate surface area is 174 Å². The summed E-state index contributed by atoms with van der Waals surface area (Å²) in [5.41, 5.74) is -2.31. The third-order valence-corrected chi connectivity index (χ3v) is 7.55. The average molecular weight is 506 g/mol. The number of terminal acetylenes is 1. The molecule has 0 aromatic heterocycles. The Kier molecular flexibility index (Phi) is 7.39. The molecule has 0 radical (unpaired) electrons. The van der Waals surface area contributed by atoms with Crippen LogP contribution < -0.4 is 5.32 Å². The van der Waals surface area contributed by atoms with Gasteiger partial charge in [0.25, 0.3) is 5.91 Å². The van der Waals surface area contributed by atoms with Gasteiger partial charge in [-0.1, -0.05) is 12.5 Å². The minimum Gasteiger partial charge on any atom is -0.386 e. The number of amides is 1. The van der Waals surface area contributed by atoms with E-state index in [1.165, 1.54) is 0 Å². The van der Waals surface area contributed by atoms with E-state index in [-0.39, 0.29) is 5.82 Å². The lowest BCUT2D eigenvalue weighted by Gasteiger charge is -2.33. The number of carbonyl (C=O) groups excluding carboxylic acids is 1. The topological polar surface area (TPSA) is 242 Å². The first-order valence-electron chi connectivity index (χ1n) is 7.77. The molecule has 3 unspecified atom stereocenters. The van der Waals surface area contributed by atoms with Gasteiger partial charge >= 0.3 is 23.5 Å². The second kappa shape index (κ2) is 8.86. The standard InChI is InChI=1S/C12H17N2O14P3/c1-3-12(6-25-30(21,22)28-31(23,24)27-29(18,19)20)10(17)9(16)11(26-12)14-5-4-8(15)13-7(14)2/h1,4-5,9-11,16-17H,2,6H2,(H,13,15)(H,21,22)(H,23,24)(H2,18,19,20)/t9?,10-,11-,12-/m1/s1. The molecule has 0 saturated carbocycles. The Balaban J connectivity index is 2.16. The minimum absolute atomic E-state index is 0.0653. The molecule has 174 valence electrons. The highest BCUT2D eigenvalue weighted by Gasteiger charge is 2.57. The maximum Gasteiger partial charge on any atom is 0.490 e. The molecular weight excluding hydrogens is 489 g/mol. The molecule has 31 heavy (non-hydrogen) atoms. The largest absolute Gasteiger partial charge is 0.490 e. The van der Waals surface area contributed by atoms with Crippen LogP contribution >= 0.6 is 23.5 Å². The maximum absolute atomic E-state index is 11.9. The molecule has 2 rings (SSSR count). The molecule has 7 N–H and O–H groups in total. The SMILES string of the molecule is C#C[C@]1(COP(=O)(O)OP(=O)(O)OP(=O)(O)O)O[C@@H](N2C=CC(=O)NC2=C)C(O)[C@H]1O. The van der Waals surface area contributed by atoms with Gasteiger partial charge in [-0.05, 0) is 0 Å². The summed E-state index contributed by atoms with van der Waals surface area (Å²) < 4.78 is 50.8. The molecule has 19 heteroatoms. The highest BCUT2D eigenvalue weighted by atomic mass is 31.3. The van der Waals surface area contributed by atoms with E-state index in [9.17, 15) is 33.6 Å². The molecule has 0 spiro atoms. The third kappa shape index (κ3) is 6.32. The first-order chi connectivity index (χ1) is 14.0. The number of aliphatic hydroxyl groups excluding tert-OH is 2. The van der Waals surface area contributed by atoms with Crippen LogP contribution in [-0.4, -0.2) is 71.2 Å². The van der Waals surface area contributed by atoms with Crippen molar-refractivity contribution < 1.29 is 66.2 Å².